The van der Waals surface area contributed by atoms with Crippen LogP contribution in [-0.4, -0.2) is 38.5 Å². The van der Waals surface area contributed by atoms with E-state index >= 15 is 0 Å². The minimum Gasteiger partial charge on any atom is -0.495 e. The van der Waals surface area contributed by atoms with E-state index in [9.17, 15) is 14.4 Å². The Kier molecular flexibility index (Phi) is 8.15. The average Bonchev–Trinajstić information content (AvgIpc) is 3.16. The number of nitrogens with zero attached hydrogens (tertiary/aromatic N) is 1. The molecule has 1 aliphatic heterocycles. The van der Waals surface area contributed by atoms with Gasteiger partial charge < -0.3 is 24.4 Å². The molecule has 1 heterocycles. The Morgan fingerprint density at radius 2 is 1.59 bits per heavy atom. The Balaban J connectivity index is 1.54. The van der Waals surface area contributed by atoms with Gasteiger partial charge in [-0.3, -0.25) is 9.59 Å². The molecule has 39 heavy (non-hydrogen) atoms. The molecule has 1 aliphatic rings. The minimum atomic E-state index is -0.676. The number of Topliss-reactive ketones (excluding diaryl/α,β-unsaturated/α-hetero) is 1. The van der Waals surface area contributed by atoms with Gasteiger partial charge in [0.05, 0.1) is 25.6 Å². The lowest BCUT2D eigenvalue weighted by Crippen LogP contribution is -2.20. The van der Waals surface area contributed by atoms with Crippen molar-refractivity contribution in [3.05, 3.63) is 100 Å². The zero-order valence-electron chi connectivity index (χ0n) is 22.5. The number of allylic oxidation sites excluding steroid dienone is 2. The van der Waals surface area contributed by atoms with E-state index in [1.165, 1.54) is 14.2 Å². The summed E-state index contributed by atoms with van der Waals surface area (Å²) in [5.41, 5.74) is 4.97. The van der Waals surface area contributed by atoms with E-state index in [4.69, 9.17) is 14.2 Å². The van der Waals surface area contributed by atoms with E-state index < -0.39 is 11.8 Å². The maximum absolute atomic E-state index is 13.4. The zero-order valence-corrected chi connectivity index (χ0v) is 22.5. The van der Waals surface area contributed by atoms with Crippen LogP contribution in [0.3, 0.4) is 0 Å². The van der Waals surface area contributed by atoms with E-state index in [1.54, 1.807) is 60.4 Å². The number of nitrogens with one attached hydrogen (secondary N) is 1. The Morgan fingerprint density at radius 1 is 0.923 bits per heavy atom. The third-order valence-corrected chi connectivity index (χ3v) is 6.19. The topological polar surface area (TPSA) is 94.2 Å². The third-order valence-electron chi connectivity index (χ3n) is 6.19. The average molecular weight is 527 g/mol. The Hall–Kier alpha value is -4.85. The van der Waals surface area contributed by atoms with Crippen LogP contribution in [0.5, 0.6) is 11.5 Å². The van der Waals surface area contributed by atoms with Gasteiger partial charge in [-0.25, -0.2) is 4.79 Å². The molecule has 8 nitrogen and oxygen atoms in total. The molecule has 200 valence electrons. The number of hydrogen-bond acceptors (Lipinski definition) is 7. The number of aryl methyl sites for hydroxylation is 2. The number of ketones is 1. The lowest BCUT2D eigenvalue weighted by Gasteiger charge is -2.22. The van der Waals surface area contributed by atoms with Crippen LogP contribution in [0.1, 0.15) is 23.6 Å². The molecule has 0 unspecified atom stereocenters. The van der Waals surface area contributed by atoms with Crippen molar-refractivity contribution in [1.82, 2.24) is 0 Å². The first kappa shape index (κ1) is 27.2. The van der Waals surface area contributed by atoms with Crippen LogP contribution in [0, 0.1) is 13.8 Å². The van der Waals surface area contributed by atoms with E-state index in [2.05, 4.69) is 5.32 Å². The second kappa shape index (κ2) is 11.7. The molecule has 0 aromatic heterocycles. The minimum absolute atomic E-state index is 0.00363. The molecule has 1 N–H and O–H groups in total. The lowest BCUT2D eigenvalue weighted by molar-refractivity contribution is -0.137. The summed E-state index contributed by atoms with van der Waals surface area (Å²) in [6.45, 7) is 5.50. The lowest BCUT2D eigenvalue weighted by atomic mass is 10.1. The number of esters is 1. The zero-order chi connectivity index (χ0) is 28.1. The summed E-state index contributed by atoms with van der Waals surface area (Å²) in [5.74, 6) is -0.374. The van der Waals surface area contributed by atoms with Gasteiger partial charge in [-0.2, -0.15) is 0 Å². The van der Waals surface area contributed by atoms with Crippen molar-refractivity contribution in [2.75, 3.05) is 31.0 Å². The summed E-state index contributed by atoms with van der Waals surface area (Å²) >= 11 is 0. The molecule has 3 aromatic carbocycles. The fourth-order valence-corrected chi connectivity index (χ4v) is 4.47. The van der Waals surface area contributed by atoms with Gasteiger partial charge in [-0.1, -0.05) is 30.3 Å². The number of rotatable bonds is 8. The first-order chi connectivity index (χ1) is 18.7. The van der Waals surface area contributed by atoms with Crippen LogP contribution in [0.15, 0.2) is 83.7 Å². The summed E-state index contributed by atoms with van der Waals surface area (Å²) < 4.78 is 15.8. The van der Waals surface area contributed by atoms with Gasteiger partial charge >= 0.3 is 5.97 Å². The van der Waals surface area contributed by atoms with Crippen molar-refractivity contribution in [3.8, 4) is 11.5 Å². The smallest absolute Gasteiger partial charge is 0.343 e. The van der Waals surface area contributed by atoms with Crippen LogP contribution in [0.2, 0.25) is 0 Å². The summed E-state index contributed by atoms with van der Waals surface area (Å²) in [5, 5.41) is 2.76. The predicted molar refractivity (Wildman–Crippen MR) is 150 cm³/mol. The van der Waals surface area contributed by atoms with Gasteiger partial charge in [-0.05, 0) is 79.9 Å². The molecule has 8 heteroatoms. The Labute approximate surface area is 227 Å². The van der Waals surface area contributed by atoms with Crippen LogP contribution < -0.4 is 19.7 Å². The van der Waals surface area contributed by atoms with Crippen molar-refractivity contribution in [1.29, 1.82) is 0 Å². The van der Waals surface area contributed by atoms with Crippen molar-refractivity contribution < 1.29 is 28.6 Å². The van der Waals surface area contributed by atoms with Crippen molar-refractivity contribution >= 4 is 35.1 Å². The number of anilines is 2. The number of benzene rings is 3. The van der Waals surface area contributed by atoms with Gasteiger partial charge in [0.1, 0.15) is 17.1 Å². The normalized spacial score (nSPS) is 14.0. The van der Waals surface area contributed by atoms with Gasteiger partial charge in [0.25, 0.3) is 5.91 Å². The Bertz CT molecular complexity index is 1470. The van der Waals surface area contributed by atoms with E-state index in [0.717, 1.165) is 22.4 Å². The van der Waals surface area contributed by atoms with Crippen molar-refractivity contribution in [2.24, 2.45) is 0 Å². The third kappa shape index (κ3) is 6.01. The number of ether oxygens (including phenoxy) is 3. The molecule has 4 rings (SSSR count). The second-order valence-electron chi connectivity index (χ2n) is 9.10. The SMILES string of the molecule is COC(=O)C1=C(C)N(c2cc(C)cc(C)c2)/C(=C\c2ccc(OCC(=O)Nc3ccccc3OC)cc2)C1=O. The first-order valence-electron chi connectivity index (χ1n) is 12.3. The molecule has 0 atom stereocenters. The highest BCUT2D eigenvalue weighted by molar-refractivity contribution is 6.30. The summed E-state index contributed by atoms with van der Waals surface area (Å²) in [4.78, 5) is 40.0. The molecular formula is C31H30N2O6. The van der Waals surface area contributed by atoms with E-state index in [1.807, 2.05) is 38.1 Å². The van der Waals surface area contributed by atoms with Gasteiger partial charge in [0.15, 0.2) is 6.61 Å². The quantitative estimate of drug-likeness (QED) is 0.245. The van der Waals surface area contributed by atoms with Gasteiger partial charge in [0.2, 0.25) is 5.78 Å². The van der Waals surface area contributed by atoms with Crippen LogP contribution in [0.25, 0.3) is 6.08 Å². The summed E-state index contributed by atoms with van der Waals surface area (Å²) in [7, 11) is 2.79. The van der Waals surface area contributed by atoms with Crippen LogP contribution in [-0.2, 0) is 19.1 Å². The summed E-state index contributed by atoms with van der Waals surface area (Å²) in [6, 6.07) is 20.1. The largest absolute Gasteiger partial charge is 0.495 e. The predicted octanol–water partition coefficient (Wildman–Crippen LogP) is 5.21. The first-order valence-corrected chi connectivity index (χ1v) is 12.3. The monoisotopic (exact) mass is 526 g/mol. The number of amides is 1. The van der Waals surface area contributed by atoms with Crippen LogP contribution in [0.4, 0.5) is 11.4 Å². The molecule has 0 radical (unpaired) electrons. The van der Waals surface area contributed by atoms with E-state index in [-0.39, 0.29) is 18.1 Å². The molecule has 1 amide bonds. The highest BCUT2D eigenvalue weighted by Gasteiger charge is 2.38. The molecule has 0 saturated heterocycles. The number of hydrogen-bond donors (Lipinski definition) is 1. The molecule has 0 aliphatic carbocycles. The second-order valence-corrected chi connectivity index (χ2v) is 9.10. The Morgan fingerprint density at radius 3 is 2.23 bits per heavy atom. The number of carbonyl (C=O) groups excluding carboxylic acids is 3. The maximum atomic E-state index is 13.4. The molecule has 0 fully saturated rings. The molecular weight excluding hydrogens is 496 g/mol. The maximum Gasteiger partial charge on any atom is 0.343 e. The molecule has 0 bridgehead atoms. The molecule has 3 aromatic rings. The van der Waals surface area contributed by atoms with Crippen molar-refractivity contribution in [3.63, 3.8) is 0 Å². The molecule has 0 saturated carbocycles. The number of carbonyl (C=O) groups is 3. The standard InChI is InChI=1S/C31H30N2O6/c1-19-14-20(2)16-23(15-19)33-21(3)29(31(36)38-5)30(35)26(33)17-22-10-12-24(13-11-22)39-18-28(34)32-25-8-6-7-9-27(25)37-4/h6-17H,18H2,1-5H3,(H,32,34)/b26-17-. The van der Waals surface area contributed by atoms with Crippen LogP contribution >= 0.6 is 0 Å². The summed E-state index contributed by atoms with van der Waals surface area (Å²) in [6.07, 6.45) is 1.72. The highest BCUT2D eigenvalue weighted by atomic mass is 16.5. The van der Waals surface area contributed by atoms with E-state index in [0.29, 0.717) is 28.6 Å². The fraction of sp³-hybridized carbons (Fsp3) is 0.194. The number of methoxy groups -OCH3 is 2. The fourth-order valence-electron chi connectivity index (χ4n) is 4.47. The van der Waals surface area contributed by atoms with Gasteiger partial charge in [-0.15, -0.1) is 0 Å². The number of para-hydroxylation sites is 2. The van der Waals surface area contributed by atoms with Gasteiger partial charge in [0, 0.05) is 11.4 Å². The molecule has 0 spiro atoms. The van der Waals surface area contributed by atoms with Crippen molar-refractivity contribution in [2.45, 2.75) is 20.8 Å². The highest BCUT2D eigenvalue weighted by Crippen LogP contribution is 2.36.